The van der Waals surface area contributed by atoms with Crippen LogP contribution >= 0.6 is 0 Å². The normalized spacial score (nSPS) is 12.5. The van der Waals surface area contributed by atoms with E-state index in [0.29, 0.717) is 0 Å². The molecule has 0 amide bonds. The highest BCUT2D eigenvalue weighted by molar-refractivity contribution is 7.84. The van der Waals surface area contributed by atoms with Gasteiger partial charge in [0.25, 0.3) is 0 Å². The molecule has 2 aromatic heterocycles. The van der Waals surface area contributed by atoms with Crippen LogP contribution in [0, 0.1) is 0 Å². The third kappa shape index (κ3) is 2.67. The summed E-state index contributed by atoms with van der Waals surface area (Å²) in [6, 6.07) is 2.72. The standard InChI is InChI=1S/C11H12N2O4S/c1-2-13-6-8(5-12-13)7-18(16)10-4-3-9(17-10)11(14)15/h3-6H,2,7H2,1H3,(H,14,15). The number of aromatic carboxylic acids is 1. The van der Waals surface area contributed by atoms with Gasteiger partial charge in [0.05, 0.1) is 22.7 Å². The van der Waals surface area contributed by atoms with E-state index in [1.54, 1.807) is 17.1 Å². The van der Waals surface area contributed by atoms with Gasteiger partial charge < -0.3 is 9.52 Å². The molecule has 7 heteroatoms. The molecule has 2 heterocycles. The minimum Gasteiger partial charge on any atom is -0.475 e. The Balaban J connectivity index is 2.09. The lowest BCUT2D eigenvalue weighted by Gasteiger charge is -1.95. The molecule has 1 unspecified atom stereocenters. The summed E-state index contributed by atoms with van der Waals surface area (Å²) in [6.07, 6.45) is 3.45. The summed E-state index contributed by atoms with van der Waals surface area (Å²) in [6.45, 7) is 2.70. The third-order valence-corrected chi connectivity index (χ3v) is 3.59. The molecule has 0 saturated carbocycles. The van der Waals surface area contributed by atoms with Crippen molar-refractivity contribution < 1.29 is 18.5 Å². The van der Waals surface area contributed by atoms with E-state index in [0.717, 1.165) is 12.1 Å². The second kappa shape index (κ2) is 5.18. The zero-order chi connectivity index (χ0) is 13.1. The molecule has 0 spiro atoms. The van der Waals surface area contributed by atoms with Gasteiger partial charge in [0, 0.05) is 18.3 Å². The number of carboxylic acids is 1. The van der Waals surface area contributed by atoms with Crippen molar-refractivity contribution in [1.29, 1.82) is 0 Å². The summed E-state index contributed by atoms with van der Waals surface area (Å²) >= 11 is 0. The molecule has 1 N–H and O–H groups in total. The Labute approximate surface area is 106 Å². The fraction of sp³-hybridized carbons (Fsp3) is 0.273. The number of carboxylic acid groups (broad SMARTS) is 1. The zero-order valence-corrected chi connectivity index (χ0v) is 10.5. The molecule has 18 heavy (non-hydrogen) atoms. The maximum absolute atomic E-state index is 11.9. The van der Waals surface area contributed by atoms with Crippen molar-refractivity contribution in [1.82, 2.24) is 9.78 Å². The lowest BCUT2D eigenvalue weighted by Crippen LogP contribution is -1.96. The Morgan fingerprint density at radius 1 is 1.56 bits per heavy atom. The largest absolute Gasteiger partial charge is 0.475 e. The van der Waals surface area contributed by atoms with Gasteiger partial charge in [-0.25, -0.2) is 4.79 Å². The predicted octanol–water partition coefficient (Wildman–Crippen LogP) is 1.50. The first kappa shape index (κ1) is 12.6. The van der Waals surface area contributed by atoms with Gasteiger partial charge in [-0.3, -0.25) is 8.89 Å². The van der Waals surface area contributed by atoms with Gasteiger partial charge in [0.1, 0.15) is 0 Å². The maximum Gasteiger partial charge on any atom is 0.371 e. The highest BCUT2D eigenvalue weighted by Gasteiger charge is 2.14. The van der Waals surface area contributed by atoms with Crippen molar-refractivity contribution in [3.8, 4) is 0 Å². The summed E-state index contributed by atoms with van der Waals surface area (Å²) in [4.78, 5) is 10.6. The van der Waals surface area contributed by atoms with Crippen LogP contribution in [0.5, 0.6) is 0 Å². The zero-order valence-electron chi connectivity index (χ0n) is 9.70. The molecule has 0 bridgehead atoms. The number of hydrogen-bond donors (Lipinski definition) is 1. The van der Waals surface area contributed by atoms with Gasteiger partial charge in [-0.2, -0.15) is 5.10 Å². The molecule has 0 saturated heterocycles. The van der Waals surface area contributed by atoms with E-state index in [9.17, 15) is 9.00 Å². The van der Waals surface area contributed by atoms with Gasteiger partial charge in [-0.1, -0.05) is 0 Å². The average Bonchev–Trinajstić information content (AvgIpc) is 2.97. The van der Waals surface area contributed by atoms with Gasteiger partial charge in [-0.15, -0.1) is 0 Å². The minimum absolute atomic E-state index is 0.164. The summed E-state index contributed by atoms with van der Waals surface area (Å²) in [5, 5.41) is 12.9. The van der Waals surface area contributed by atoms with Crippen molar-refractivity contribution in [2.45, 2.75) is 24.3 Å². The van der Waals surface area contributed by atoms with Crippen molar-refractivity contribution >= 4 is 16.8 Å². The van der Waals surface area contributed by atoms with E-state index < -0.39 is 16.8 Å². The first-order valence-corrected chi connectivity index (χ1v) is 6.65. The van der Waals surface area contributed by atoms with Crippen molar-refractivity contribution in [3.63, 3.8) is 0 Å². The highest BCUT2D eigenvalue weighted by atomic mass is 32.2. The number of carbonyl (C=O) groups is 1. The van der Waals surface area contributed by atoms with Gasteiger partial charge in [-0.05, 0) is 19.1 Å². The first-order valence-electron chi connectivity index (χ1n) is 5.33. The fourth-order valence-electron chi connectivity index (χ4n) is 1.43. The highest BCUT2D eigenvalue weighted by Crippen LogP contribution is 2.15. The van der Waals surface area contributed by atoms with Crippen molar-refractivity contribution in [2.24, 2.45) is 0 Å². The number of furan rings is 1. The summed E-state index contributed by atoms with van der Waals surface area (Å²) in [5.41, 5.74) is 0.823. The van der Waals surface area contributed by atoms with Gasteiger partial charge in [0.15, 0.2) is 5.09 Å². The number of aromatic nitrogens is 2. The summed E-state index contributed by atoms with van der Waals surface area (Å²) < 4.78 is 18.7. The minimum atomic E-state index is -1.40. The molecular weight excluding hydrogens is 256 g/mol. The van der Waals surface area contributed by atoms with Gasteiger partial charge >= 0.3 is 5.97 Å². The molecule has 96 valence electrons. The van der Waals surface area contributed by atoms with E-state index >= 15 is 0 Å². The average molecular weight is 268 g/mol. The Morgan fingerprint density at radius 2 is 2.33 bits per heavy atom. The van der Waals surface area contributed by atoms with E-state index in [2.05, 4.69) is 5.10 Å². The third-order valence-electron chi connectivity index (χ3n) is 2.32. The number of hydrogen-bond acceptors (Lipinski definition) is 4. The predicted molar refractivity (Wildman–Crippen MR) is 63.7 cm³/mol. The molecule has 1 atom stereocenters. The van der Waals surface area contributed by atoms with E-state index in [1.807, 2.05) is 6.92 Å². The van der Waals surface area contributed by atoms with Crippen LogP contribution in [0.25, 0.3) is 0 Å². The Kier molecular flexibility index (Phi) is 3.61. The Hall–Kier alpha value is -1.89. The van der Waals surface area contributed by atoms with Crippen LogP contribution in [0.3, 0.4) is 0 Å². The van der Waals surface area contributed by atoms with Crippen LogP contribution in [0.4, 0.5) is 0 Å². The Morgan fingerprint density at radius 3 is 2.89 bits per heavy atom. The van der Waals surface area contributed by atoms with Gasteiger partial charge in [0.2, 0.25) is 5.76 Å². The molecule has 0 aromatic carbocycles. The van der Waals surface area contributed by atoms with E-state index in [-0.39, 0.29) is 16.6 Å². The molecule has 0 radical (unpaired) electrons. The summed E-state index contributed by atoms with van der Waals surface area (Å²) in [7, 11) is -1.40. The molecule has 0 aliphatic heterocycles. The van der Waals surface area contributed by atoms with Crippen LogP contribution in [-0.4, -0.2) is 25.1 Å². The topological polar surface area (TPSA) is 85.3 Å². The smallest absolute Gasteiger partial charge is 0.371 e. The van der Waals surface area contributed by atoms with E-state index in [4.69, 9.17) is 9.52 Å². The first-order chi connectivity index (χ1) is 8.60. The fourth-order valence-corrected chi connectivity index (χ4v) is 2.43. The molecule has 6 nitrogen and oxygen atoms in total. The molecule has 0 aliphatic rings. The van der Waals surface area contributed by atoms with Crippen molar-refractivity contribution in [3.05, 3.63) is 35.9 Å². The molecule has 2 aromatic rings. The molecular formula is C11H12N2O4S. The number of rotatable bonds is 5. The number of aryl methyl sites for hydroxylation is 1. The maximum atomic E-state index is 11.9. The molecule has 0 aliphatic carbocycles. The van der Waals surface area contributed by atoms with Crippen LogP contribution in [0.1, 0.15) is 23.0 Å². The van der Waals surface area contributed by atoms with Crippen LogP contribution < -0.4 is 0 Å². The SMILES string of the molecule is CCn1cc(CS(=O)c2ccc(C(=O)O)o2)cn1. The van der Waals surface area contributed by atoms with E-state index in [1.165, 1.54) is 12.1 Å². The van der Waals surface area contributed by atoms with Crippen LogP contribution in [-0.2, 0) is 23.1 Å². The summed E-state index contributed by atoms with van der Waals surface area (Å²) in [5.74, 6) is -1.12. The molecule has 2 rings (SSSR count). The molecule has 0 fully saturated rings. The lowest BCUT2D eigenvalue weighted by molar-refractivity contribution is 0.0656. The quantitative estimate of drug-likeness (QED) is 0.888. The Bertz CT molecular complexity index is 587. The van der Waals surface area contributed by atoms with Crippen LogP contribution in [0.15, 0.2) is 34.0 Å². The second-order valence-corrected chi connectivity index (χ2v) is 5.00. The lowest BCUT2D eigenvalue weighted by atomic mass is 10.4. The van der Waals surface area contributed by atoms with Crippen molar-refractivity contribution in [2.75, 3.05) is 0 Å². The number of nitrogens with zero attached hydrogens (tertiary/aromatic N) is 2. The van der Waals surface area contributed by atoms with Crippen LogP contribution in [0.2, 0.25) is 0 Å². The second-order valence-electron chi connectivity index (χ2n) is 3.62. The monoisotopic (exact) mass is 268 g/mol.